The van der Waals surface area contributed by atoms with Gasteiger partial charge in [-0.2, -0.15) is 0 Å². The van der Waals surface area contributed by atoms with E-state index in [0.717, 1.165) is 11.3 Å². The van der Waals surface area contributed by atoms with Crippen LogP contribution in [0.25, 0.3) is 0 Å². The van der Waals surface area contributed by atoms with Gasteiger partial charge < -0.3 is 10.0 Å². The van der Waals surface area contributed by atoms with Gasteiger partial charge in [0.25, 0.3) is 5.91 Å². The number of aryl methyl sites for hydroxylation is 1. The number of amides is 1. The zero-order chi connectivity index (χ0) is 17.5. The van der Waals surface area contributed by atoms with Gasteiger partial charge in [-0.15, -0.1) is 11.3 Å². The first kappa shape index (κ1) is 17.1. The number of aliphatic hydroxyl groups is 1. The Balaban J connectivity index is 2.01. The molecule has 1 unspecified atom stereocenters. The molecule has 0 saturated carbocycles. The van der Waals surface area contributed by atoms with E-state index < -0.39 is 11.5 Å². The van der Waals surface area contributed by atoms with Gasteiger partial charge in [0.2, 0.25) is 0 Å². The van der Waals surface area contributed by atoms with E-state index in [9.17, 15) is 14.7 Å². The quantitative estimate of drug-likeness (QED) is 0.819. The molecule has 0 fully saturated rings. The van der Waals surface area contributed by atoms with Crippen LogP contribution in [0.2, 0.25) is 5.02 Å². The van der Waals surface area contributed by atoms with E-state index >= 15 is 0 Å². The minimum Gasteiger partial charge on any atom is -0.375 e. The highest BCUT2D eigenvalue weighted by molar-refractivity contribution is 7.14. The summed E-state index contributed by atoms with van der Waals surface area (Å²) in [5.41, 5.74) is -0.816. The number of halogens is 1. The fraction of sp³-hybridized carbons (Fsp3) is 0.333. The normalized spacial score (nSPS) is 19.7. The first-order chi connectivity index (χ1) is 11.4. The number of anilines is 1. The molecule has 0 radical (unpaired) electrons. The Kier molecular flexibility index (Phi) is 4.51. The zero-order valence-corrected chi connectivity index (χ0v) is 15.1. The molecule has 1 N–H and O–H groups in total. The molecule has 0 aliphatic carbocycles. The van der Waals surface area contributed by atoms with E-state index in [0.29, 0.717) is 27.7 Å². The molecule has 1 aliphatic rings. The Morgan fingerprint density at radius 1 is 1.33 bits per heavy atom. The third-order valence-corrected chi connectivity index (χ3v) is 5.45. The average molecular weight is 364 g/mol. The first-order valence-corrected chi connectivity index (χ1v) is 9.00. The minimum atomic E-state index is -1.86. The van der Waals surface area contributed by atoms with E-state index in [1.807, 2.05) is 19.9 Å². The SMILES string of the molecule is CCCN1C(=O)C(O)(CC(=O)c2ccc(C)s2)c2cc(Cl)ccc21. The Morgan fingerprint density at radius 2 is 2.08 bits per heavy atom. The smallest absolute Gasteiger partial charge is 0.264 e. The number of ketones is 1. The second-order valence-corrected chi connectivity index (χ2v) is 7.71. The third kappa shape index (κ3) is 2.77. The van der Waals surface area contributed by atoms with Crippen molar-refractivity contribution in [2.45, 2.75) is 32.3 Å². The van der Waals surface area contributed by atoms with Gasteiger partial charge >= 0.3 is 0 Å². The number of carbonyl (C=O) groups excluding carboxylic acids is 2. The number of hydrogen-bond donors (Lipinski definition) is 1. The lowest BCUT2D eigenvalue weighted by Crippen LogP contribution is -2.42. The largest absolute Gasteiger partial charge is 0.375 e. The standard InChI is InChI=1S/C18H18ClNO3S/c1-3-8-20-14-6-5-12(19)9-13(14)18(23,17(20)22)10-15(21)16-7-4-11(2)24-16/h4-7,9,23H,3,8,10H2,1-2H3. The number of hydrogen-bond acceptors (Lipinski definition) is 4. The molecule has 126 valence electrons. The number of carbonyl (C=O) groups is 2. The summed E-state index contributed by atoms with van der Waals surface area (Å²) in [6.07, 6.45) is 0.474. The molecule has 0 saturated heterocycles. The molecular formula is C18H18ClNO3S. The van der Waals surface area contributed by atoms with Gasteiger partial charge in [0, 0.05) is 22.0 Å². The van der Waals surface area contributed by atoms with Gasteiger partial charge in [-0.1, -0.05) is 18.5 Å². The predicted octanol–water partition coefficient (Wildman–Crippen LogP) is 3.93. The Morgan fingerprint density at radius 3 is 2.71 bits per heavy atom. The van der Waals surface area contributed by atoms with Crippen LogP contribution in [-0.4, -0.2) is 23.3 Å². The Labute approximate surface area is 149 Å². The van der Waals surface area contributed by atoms with Crippen molar-refractivity contribution in [1.29, 1.82) is 0 Å². The van der Waals surface area contributed by atoms with Crippen LogP contribution in [-0.2, 0) is 10.4 Å². The molecular weight excluding hydrogens is 346 g/mol. The van der Waals surface area contributed by atoms with Crippen molar-refractivity contribution in [2.75, 3.05) is 11.4 Å². The van der Waals surface area contributed by atoms with Gasteiger partial charge in [-0.3, -0.25) is 9.59 Å². The topological polar surface area (TPSA) is 57.6 Å². The van der Waals surface area contributed by atoms with Crippen molar-refractivity contribution in [3.05, 3.63) is 50.7 Å². The third-order valence-electron chi connectivity index (χ3n) is 4.17. The molecule has 2 heterocycles. The second kappa shape index (κ2) is 6.31. The van der Waals surface area contributed by atoms with Crippen molar-refractivity contribution in [3.8, 4) is 0 Å². The van der Waals surface area contributed by atoms with Gasteiger partial charge in [0.1, 0.15) is 0 Å². The molecule has 24 heavy (non-hydrogen) atoms. The summed E-state index contributed by atoms with van der Waals surface area (Å²) in [4.78, 5) is 28.5. The molecule has 1 atom stereocenters. The van der Waals surface area contributed by atoms with Crippen LogP contribution in [0.5, 0.6) is 0 Å². The maximum Gasteiger partial charge on any atom is 0.264 e. The van der Waals surface area contributed by atoms with Crippen LogP contribution in [0.1, 0.15) is 39.9 Å². The number of rotatable bonds is 5. The molecule has 3 rings (SSSR count). The lowest BCUT2D eigenvalue weighted by atomic mass is 9.89. The maximum absolute atomic E-state index is 12.8. The van der Waals surface area contributed by atoms with Crippen LogP contribution >= 0.6 is 22.9 Å². The summed E-state index contributed by atoms with van der Waals surface area (Å²) in [6, 6.07) is 8.58. The first-order valence-electron chi connectivity index (χ1n) is 7.81. The van der Waals surface area contributed by atoms with Crippen LogP contribution in [0, 0.1) is 6.92 Å². The summed E-state index contributed by atoms with van der Waals surface area (Å²) >= 11 is 7.42. The van der Waals surface area contributed by atoms with Crippen molar-refractivity contribution in [1.82, 2.24) is 0 Å². The highest BCUT2D eigenvalue weighted by Crippen LogP contribution is 2.44. The Bertz CT molecular complexity index is 816. The summed E-state index contributed by atoms with van der Waals surface area (Å²) in [5.74, 6) is -0.698. The van der Waals surface area contributed by atoms with Crippen molar-refractivity contribution in [3.63, 3.8) is 0 Å². The Hall–Kier alpha value is -1.69. The lowest BCUT2D eigenvalue weighted by Gasteiger charge is -2.22. The van der Waals surface area contributed by atoms with Crippen LogP contribution in [0.3, 0.4) is 0 Å². The monoisotopic (exact) mass is 363 g/mol. The second-order valence-electron chi connectivity index (χ2n) is 5.99. The predicted molar refractivity (Wildman–Crippen MR) is 96.0 cm³/mol. The van der Waals surface area contributed by atoms with E-state index in [2.05, 4.69) is 0 Å². The summed E-state index contributed by atoms with van der Waals surface area (Å²) < 4.78 is 0. The molecule has 1 aliphatic heterocycles. The van der Waals surface area contributed by atoms with E-state index in [4.69, 9.17) is 11.6 Å². The highest BCUT2D eigenvalue weighted by Gasteiger charge is 2.50. The molecule has 1 aromatic carbocycles. The molecule has 4 nitrogen and oxygen atoms in total. The fourth-order valence-corrected chi connectivity index (χ4v) is 4.02. The highest BCUT2D eigenvalue weighted by atomic mass is 35.5. The van der Waals surface area contributed by atoms with E-state index in [-0.39, 0.29) is 12.2 Å². The van der Waals surface area contributed by atoms with Crippen molar-refractivity contribution >= 4 is 40.3 Å². The summed E-state index contributed by atoms with van der Waals surface area (Å²) in [7, 11) is 0. The van der Waals surface area contributed by atoms with Crippen LogP contribution in [0.4, 0.5) is 5.69 Å². The molecule has 0 spiro atoms. The number of nitrogens with zero attached hydrogens (tertiary/aromatic N) is 1. The van der Waals surface area contributed by atoms with Gasteiger partial charge in [-0.25, -0.2) is 0 Å². The van der Waals surface area contributed by atoms with E-state index in [1.54, 1.807) is 29.2 Å². The fourth-order valence-electron chi connectivity index (χ4n) is 3.04. The number of Topliss-reactive ketones (excluding diaryl/α,β-unsaturated/α-hetero) is 1. The maximum atomic E-state index is 12.8. The molecule has 1 amide bonds. The number of fused-ring (bicyclic) bond motifs is 1. The van der Waals surface area contributed by atoms with Gasteiger partial charge in [0.15, 0.2) is 11.4 Å². The van der Waals surface area contributed by atoms with Crippen molar-refractivity contribution < 1.29 is 14.7 Å². The van der Waals surface area contributed by atoms with Crippen LogP contribution in [0.15, 0.2) is 30.3 Å². The van der Waals surface area contributed by atoms with Gasteiger partial charge in [-0.05, 0) is 43.7 Å². The van der Waals surface area contributed by atoms with Gasteiger partial charge in [0.05, 0.1) is 17.0 Å². The lowest BCUT2D eigenvalue weighted by molar-refractivity contribution is -0.135. The average Bonchev–Trinajstić information content (AvgIpc) is 3.05. The summed E-state index contributed by atoms with van der Waals surface area (Å²) in [5, 5.41) is 11.5. The number of benzene rings is 1. The van der Waals surface area contributed by atoms with Crippen LogP contribution < -0.4 is 4.90 Å². The molecule has 6 heteroatoms. The summed E-state index contributed by atoms with van der Waals surface area (Å²) in [6.45, 7) is 4.36. The minimum absolute atomic E-state index is 0.242. The molecule has 0 bridgehead atoms. The molecule has 1 aromatic heterocycles. The zero-order valence-electron chi connectivity index (χ0n) is 13.5. The van der Waals surface area contributed by atoms with E-state index in [1.165, 1.54) is 11.3 Å². The van der Waals surface area contributed by atoms with Crippen molar-refractivity contribution in [2.24, 2.45) is 0 Å². The molecule has 2 aromatic rings. The number of thiophene rings is 1.